The lowest BCUT2D eigenvalue weighted by molar-refractivity contribution is 0.0735. The van der Waals surface area contributed by atoms with Gasteiger partial charge in [0.1, 0.15) is 11.9 Å². The van der Waals surface area contributed by atoms with Crippen molar-refractivity contribution >= 4 is 40.9 Å². The van der Waals surface area contributed by atoms with Gasteiger partial charge in [0, 0.05) is 38.6 Å². The summed E-state index contributed by atoms with van der Waals surface area (Å²) in [6, 6.07) is 3.72. The van der Waals surface area contributed by atoms with Gasteiger partial charge in [-0.3, -0.25) is 9.69 Å². The lowest BCUT2D eigenvalue weighted by atomic mass is 10.2. The van der Waals surface area contributed by atoms with Gasteiger partial charge in [-0.2, -0.15) is 0 Å². The van der Waals surface area contributed by atoms with Crippen LogP contribution in [0.2, 0.25) is 0 Å². The Balaban J connectivity index is 1.31. The molecule has 2 fully saturated rings. The highest BCUT2D eigenvalue weighted by atomic mass is 32.1. The van der Waals surface area contributed by atoms with Gasteiger partial charge in [0.2, 0.25) is 0 Å². The van der Waals surface area contributed by atoms with Crippen LogP contribution in [0, 0.1) is 0 Å². The molecule has 164 valence electrons. The SMILES string of the molecule is COC(=S)NC[C@H]1CN(c2ccc(N3CCN(C(=O)c4ncc[nH]4)CC3)nc2)C(=O)O1. The number of methoxy groups -OCH3 is 1. The molecule has 0 saturated carbocycles. The molecule has 2 aliphatic rings. The van der Waals surface area contributed by atoms with Crippen LogP contribution in [-0.2, 0) is 9.47 Å². The summed E-state index contributed by atoms with van der Waals surface area (Å²) < 4.78 is 10.2. The Bertz CT molecular complexity index is 929. The van der Waals surface area contributed by atoms with Crippen molar-refractivity contribution in [2.75, 3.05) is 56.2 Å². The number of aromatic amines is 1. The molecule has 1 atom stereocenters. The zero-order chi connectivity index (χ0) is 21.8. The van der Waals surface area contributed by atoms with Gasteiger partial charge in [0.15, 0.2) is 5.82 Å². The third kappa shape index (κ3) is 4.68. The van der Waals surface area contributed by atoms with Gasteiger partial charge in [-0.05, 0) is 24.4 Å². The first-order chi connectivity index (χ1) is 15.0. The Labute approximate surface area is 184 Å². The van der Waals surface area contributed by atoms with Crippen LogP contribution < -0.4 is 15.1 Å². The molecule has 0 bridgehead atoms. The van der Waals surface area contributed by atoms with Crippen LogP contribution in [-0.4, -0.2) is 89.5 Å². The van der Waals surface area contributed by atoms with Gasteiger partial charge in [-0.15, -0.1) is 0 Å². The number of anilines is 2. The minimum atomic E-state index is -0.422. The fourth-order valence-corrected chi connectivity index (χ4v) is 3.59. The lowest BCUT2D eigenvalue weighted by Gasteiger charge is -2.35. The molecular formula is C19H23N7O4S. The van der Waals surface area contributed by atoms with E-state index in [1.165, 1.54) is 7.11 Å². The summed E-state index contributed by atoms with van der Waals surface area (Å²) in [5, 5.41) is 3.14. The summed E-state index contributed by atoms with van der Waals surface area (Å²) in [4.78, 5) is 41.4. The van der Waals surface area contributed by atoms with Gasteiger partial charge < -0.3 is 29.6 Å². The van der Waals surface area contributed by atoms with E-state index < -0.39 is 6.09 Å². The van der Waals surface area contributed by atoms with Crippen LogP contribution in [0.3, 0.4) is 0 Å². The number of hydrogen-bond donors (Lipinski definition) is 2. The summed E-state index contributed by atoms with van der Waals surface area (Å²) in [7, 11) is 1.48. The number of thiocarbonyl (C=S) groups is 1. The highest BCUT2D eigenvalue weighted by Crippen LogP contribution is 2.23. The van der Waals surface area contributed by atoms with Crippen LogP contribution in [0.25, 0.3) is 0 Å². The number of H-pyrrole nitrogens is 1. The Kier molecular flexibility index (Phi) is 6.16. The van der Waals surface area contributed by atoms with Crippen molar-refractivity contribution in [3.63, 3.8) is 0 Å². The maximum absolute atomic E-state index is 12.4. The second-order valence-electron chi connectivity index (χ2n) is 7.08. The van der Waals surface area contributed by atoms with Crippen molar-refractivity contribution in [3.05, 3.63) is 36.5 Å². The summed E-state index contributed by atoms with van der Waals surface area (Å²) in [6.07, 6.45) is 4.11. The third-order valence-corrected chi connectivity index (χ3v) is 5.48. The first-order valence-electron chi connectivity index (χ1n) is 9.85. The van der Waals surface area contributed by atoms with Crippen molar-refractivity contribution in [1.82, 2.24) is 25.2 Å². The monoisotopic (exact) mass is 445 g/mol. The van der Waals surface area contributed by atoms with E-state index in [9.17, 15) is 9.59 Å². The molecule has 2 aromatic rings. The fourth-order valence-electron chi connectivity index (χ4n) is 3.50. The molecule has 4 rings (SSSR count). The number of rotatable bonds is 5. The fraction of sp³-hybridized carbons (Fsp3) is 0.421. The molecule has 0 aliphatic carbocycles. The summed E-state index contributed by atoms with van der Waals surface area (Å²) in [6.45, 7) is 3.27. The molecule has 0 radical (unpaired) electrons. The topological polar surface area (TPSA) is 116 Å². The first-order valence-corrected chi connectivity index (χ1v) is 10.3. The van der Waals surface area contributed by atoms with Crippen LogP contribution in [0.4, 0.5) is 16.3 Å². The molecule has 0 unspecified atom stereocenters. The number of aromatic nitrogens is 3. The number of nitrogens with one attached hydrogen (secondary N) is 2. The van der Waals surface area contributed by atoms with Crippen LogP contribution in [0.5, 0.6) is 0 Å². The third-order valence-electron chi connectivity index (χ3n) is 5.17. The number of imidazole rings is 1. The molecule has 11 nitrogen and oxygen atoms in total. The van der Waals surface area contributed by atoms with Crippen LogP contribution >= 0.6 is 12.2 Å². The van der Waals surface area contributed by atoms with E-state index >= 15 is 0 Å². The molecular weight excluding hydrogens is 422 g/mol. The molecule has 2 N–H and O–H groups in total. The molecule has 31 heavy (non-hydrogen) atoms. The Hall–Kier alpha value is -3.41. The summed E-state index contributed by atoms with van der Waals surface area (Å²) in [5.41, 5.74) is 0.664. The van der Waals surface area contributed by atoms with Gasteiger partial charge in [0.05, 0.1) is 32.1 Å². The van der Waals surface area contributed by atoms with Gasteiger partial charge >= 0.3 is 6.09 Å². The number of nitrogens with zero attached hydrogens (tertiary/aromatic N) is 5. The average molecular weight is 446 g/mol. The molecule has 2 aromatic heterocycles. The van der Waals surface area contributed by atoms with E-state index in [0.717, 1.165) is 5.82 Å². The van der Waals surface area contributed by atoms with Crippen LogP contribution in [0.15, 0.2) is 30.7 Å². The number of ether oxygens (including phenoxy) is 2. The van der Waals surface area contributed by atoms with Crippen molar-refractivity contribution in [3.8, 4) is 0 Å². The van der Waals surface area contributed by atoms with Crippen molar-refractivity contribution in [1.29, 1.82) is 0 Å². The van der Waals surface area contributed by atoms with E-state index in [2.05, 4.69) is 25.2 Å². The maximum atomic E-state index is 12.4. The largest absolute Gasteiger partial charge is 0.474 e. The standard InChI is InChI=1S/C19H23N7O4S/c1-29-18(31)23-11-14-12-26(19(28)30-14)13-2-3-15(22-10-13)24-6-8-25(9-7-24)17(27)16-20-4-5-21-16/h2-5,10,14H,6-9,11-12H2,1H3,(H,20,21)(H,23,31)/t14-/m0/s1. The van der Waals surface area contributed by atoms with Gasteiger partial charge in [-0.25, -0.2) is 14.8 Å². The molecule has 0 aromatic carbocycles. The number of hydrogen-bond acceptors (Lipinski definition) is 8. The average Bonchev–Trinajstić information content (AvgIpc) is 3.47. The van der Waals surface area contributed by atoms with Crippen molar-refractivity contribution in [2.45, 2.75) is 6.10 Å². The smallest absolute Gasteiger partial charge is 0.414 e. The molecule has 2 amide bonds. The quantitative estimate of drug-likeness (QED) is 0.639. The zero-order valence-electron chi connectivity index (χ0n) is 17.0. The number of amides is 2. The molecule has 12 heteroatoms. The number of cyclic esters (lactones) is 1. The molecule has 2 saturated heterocycles. The number of carbonyl (C=O) groups excluding carboxylic acids is 2. The number of carbonyl (C=O) groups is 2. The highest BCUT2D eigenvalue weighted by Gasteiger charge is 2.33. The van der Waals surface area contributed by atoms with Gasteiger partial charge in [-0.1, -0.05) is 0 Å². The van der Waals surface area contributed by atoms with Crippen LogP contribution in [0.1, 0.15) is 10.6 Å². The van der Waals surface area contributed by atoms with Crippen molar-refractivity contribution < 1.29 is 19.1 Å². The minimum Gasteiger partial charge on any atom is -0.474 e. The first kappa shape index (κ1) is 20.8. The second kappa shape index (κ2) is 9.16. The van der Waals surface area contributed by atoms with E-state index in [0.29, 0.717) is 50.8 Å². The maximum Gasteiger partial charge on any atom is 0.414 e. The number of piperazine rings is 1. The lowest BCUT2D eigenvalue weighted by Crippen LogP contribution is -2.49. The van der Waals surface area contributed by atoms with Crippen molar-refractivity contribution in [2.24, 2.45) is 0 Å². The predicted molar refractivity (Wildman–Crippen MR) is 116 cm³/mol. The zero-order valence-corrected chi connectivity index (χ0v) is 17.8. The number of pyridine rings is 1. The van der Waals surface area contributed by atoms with E-state index in [-0.39, 0.29) is 17.2 Å². The molecule has 2 aliphatic heterocycles. The summed E-state index contributed by atoms with van der Waals surface area (Å²) in [5.74, 6) is 1.05. The molecule has 4 heterocycles. The van der Waals surface area contributed by atoms with Gasteiger partial charge in [0.25, 0.3) is 11.1 Å². The Morgan fingerprint density at radius 1 is 1.32 bits per heavy atom. The van der Waals surface area contributed by atoms with E-state index in [1.54, 1.807) is 28.4 Å². The summed E-state index contributed by atoms with van der Waals surface area (Å²) >= 11 is 4.93. The normalized spacial score (nSPS) is 18.7. The molecule has 0 spiro atoms. The Morgan fingerprint density at radius 3 is 2.77 bits per heavy atom. The minimum absolute atomic E-state index is 0.101. The highest BCUT2D eigenvalue weighted by molar-refractivity contribution is 7.80. The van der Waals surface area contributed by atoms with E-state index in [4.69, 9.17) is 21.7 Å². The second-order valence-corrected chi connectivity index (χ2v) is 7.45. The van der Waals surface area contributed by atoms with E-state index in [1.807, 2.05) is 12.1 Å². The predicted octanol–water partition coefficient (Wildman–Crippen LogP) is 0.613. The Morgan fingerprint density at radius 2 is 2.13 bits per heavy atom.